The molecule has 0 amide bonds. The Labute approximate surface area is 119 Å². The van der Waals surface area contributed by atoms with Gasteiger partial charge in [-0.05, 0) is 19.4 Å². The lowest BCUT2D eigenvalue weighted by atomic mass is 10.1. The maximum absolute atomic E-state index is 11.5. The van der Waals surface area contributed by atoms with Crippen molar-refractivity contribution in [3.05, 3.63) is 33.9 Å². The summed E-state index contributed by atoms with van der Waals surface area (Å²) < 4.78 is 5.57. The van der Waals surface area contributed by atoms with E-state index in [-0.39, 0.29) is 17.0 Å². The van der Waals surface area contributed by atoms with E-state index in [0.717, 1.165) is 12.8 Å². The number of nitro benzene ring substituents is 1. The topological polar surface area (TPSA) is 69.4 Å². The number of ether oxygens (including phenoxy) is 1. The Morgan fingerprint density at radius 1 is 1.25 bits per heavy atom. The Kier molecular flexibility index (Phi) is 6.70. The maximum atomic E-state index is 11.5. The first-order valence-corrected chi connectivity index (χ1v) is 6.98. The molecular formula is C15H21NO4. The van der Waals surface area contributed by atoms with Crippen LogP contribution in [0.1, 0.15) is 56.3 Å². The van der Waals surface area contributed by atoms with E-state index >= 15 is 0 Å². The number of Topliss-reactive ketones (excluding diaryl/α,β-unsaturated/α-hetero) is 1. The molecule has 0 N–H and O–H groups in total. The summed E-state index contributed by atoms with van der Waals surface area (Å²) in [5, 5.41) is 10.7. The van der Waals surface area contributed by atoms with E-state index < -0.39 is 4.92 Å². The molecule has 0 unspecified atom stereocenters. The number of hydrogen-bond donors (Lipinski definition) is 0. The minimum Gasteiger partial charge on any atom is -0.493 e. The van der Waals surface area contributed by atoms with Crippen molar-refractivity contribution in [1.29, 1.82) is 0 Å². The average Bonchev–Trinajstić information content (AvgIpc) is 2.42. The van der Waals surface area contributed by atoms with E-state index in [2.05, 4.69) is 6.92 Å². The number of nitro groups is 1. The number of carbonyl (C=O) groups is 1. The monoisotopic (exact) mass is 279 g/mol. The Hall–Kier alpha value is -1.91. The number of nitrogens with zero attached hydrogens (tertiary/aromatic N) is 1. The number of non-ortho nitro benzene ring substituents is 1. The Balaban J connectivity index is 2.60. The average molecular weight is 279 g/mol. The van der Waals surface area contributed by atoms with Gasteiger partial charge in [-0.3, -0.25) is 14.9 Å². The summed E-state index contributed by atoms with van der Waals surface area (Å²) in [6, 6.07) is 4.13. The third kappa shape index (κ3) is 4.99. The highest BCUT2D eigenvalue weighted by Crippen LogP contribution is 2.25. The van der Waals surface area contributed by atoms with Crippen molar-refractivity contribution < 1.29 is 14.5 Å². The Bertz CT molecular complexity index is 471. The molecule has 0 radical (unpaired) electrons. The molecular weight excluding hydrogens is 258 g/mol. The second-order valence-electron chi connectivity index (χ2n) is 4.76. The van der Waals surface area contributed by atoms with Gasteiger partial charge in [0.25, 0.3) is 5.69 Å². The first-order valence-electron chi connectivity index (χ1n) is 6.98. The lowest BCUT2D eigenvalue weighted by Crippen LogP contribution is -2.04. The minimum absolute atomic E-state index is 0.0921. The fraction of sp³-hybridized carbons (Fsp3) is 0.533. The quantitative estimate of drug-likeness (QED) is 0.295. The minimum atomic E-state index is -0.513. The highest BCUT2D eigenvalue weighted by atomic mass is 16.6. The second-order valence-corrected chi connectivity index (χ2v) is 4.76. The lowest BCUT2D eigenvalue weighted by Gasteiger charge is -2.09. The van der Waals surface area contributed by atoms with E-state index in [9.17, 15) is 14.9 Å². The molecule has 0 heterocycles. The second kappa shape index (κ2) is 8.30. The van der Waals surface area contributed by atoms with Crippen LogP contribution in [0.3, 0.4) is 0 Å². The molecule has 0 spiro atoms. The van der Waals surface area contributed by atoms with Crippen molar-refractivity contribution in [3.63, 3.8) is 0 Å². The molecule has 1 rings (SSSR count). The van der Waals surface area contributed by atoms with Gasteiger partial charge in [-0.1, -0.05) is 32.6 Å². The molecule has 0 saturated carbocycles. The van der Waals surface area contributed by atoms with Crippen LogP contribution in [0.15, 0.2) is 18.2 Å². The lowest BCUT2D eigenvalue weighted by molar-refractivity contribution is -0.384. The number of hydrogen-bond acceptors (Lipinski definition) is 4. The van der Waals surface area contributed by atoms with Gasteiger partial charge in [0, 0.05) is 12.1 Å². The van der Waals surface area contributed by atoms with Crippen LogP contribution in [-0.4, -0.2) is 17.3 Å². The van der Waals surface area contributed by atoms with Gasteiger partial charge >= 0.3 is 0 Å². The molecule has 0 aromatic heterocycles. The zero-order valence-corrected chi connectivity index (χ0v) is 12.1. The van der Waals surface area contributed by atoms with E-state index in [1.165, 1.54) is 44.4 Å². The predicted molar refractivity (Wildman–Crippen MR) is 77.4 cm³/mol. The molecule has 0 saturated heterocycles. The number of benzene rings is 1. The number of rotatable bonds is 9. The highest BCUT2D eigenvalue weighted by Gasteiger charge is 2.14. The van der Waals surface area contributed by atoms with Gasteiger partial charge in [0.15, 0.2) is 5.78 Å². The van der Waals surface area contributed by atoms with Crippen molar-refractivity contribution in [2.24, 2.45) is 0 Å². The molecule has 0 fully saturated rings. The van der Waals surface area contributed by atoms with Crippen molar-refractivity contribution in [2.45, 2.75) is 46.0 Å². The van der Waals surface area contributed by atoms with Gasteiger partial charge in [-0.2, -0.15) is 0 Å². The van der Waals surface area contributed by atoms with Gasteiger partial charge in [-0.25, -0.2) is 0 Å². The molecule has 0 atom stereocenters. The largest absolute Gasteiger partial charge is 0.493 e. The molecule has 0 bridgehead atoms. The van der Waals surface area contributed by atoms with Crippen molar-refractivity contribution in [1.82, 2.24) is 0 Å². The van der Waals surface area contributed by atoms with Crippen LogP contribution < -0.4 is 4.74 Å². The van der Waals surface area contributed by atoms with Gasteiger partial charge in [-0.15, -0.1) is 0 Å². The molecule has 0 aliphatic carbocycles. The maximum Gasteiger partial charge on any atom is 0.270 e. The fourth-order valence-electron chi connectivity index (χ4n) is 1.92. The number of ketones is 1. The molecule has 110 valence electrons. The zero-order chi connectivity index (χ0) is 15.0. The predicted octanol–water partition coefficient (Wildman–Crippen LogP) is 4.15. The summed E-state index contributed by atoms with van der Waals surface area (Å²) in [7, 11) is 0. The summed E-state index contributed by atoms with van der Waals surface area (Å²) in [5.74, 6) is 0.202. The van der Waals surface area contributed by atoms with E-state index in [4.69, 9.17) is 4.74 Å². The van der Waals surface area contributed by atoms with Gasteiger partial charge < -0.3 is 4.74 Å². The molecule has 5 nitrogen and oxygen atoms in total. The van der Waals surface area contributed by atoms with E-state index in [1.54, 1.807) is 0 Å². The van der Waals surface area contributed by atoms with Gasteiger partial charge in [0.1, 0.15) is 5.75 Å². The number of carbonyl (C=O) groups excluding carboxylic acids is 1. The van der Waals surface area contributed by atoms with Crippen LogP contribution in [0, 0.1) is 10.1 Å². The molecule has 1 aromatic rings. The summed E-state index contributed by atoms with van der Waals surface area (Å²) in [6.07, 6.45) is 5.61. The van der Waals surface area contributed by atoms with Crippen LogP contribution in [0.5, 0.6) is 5.75 Å². The van der Waals surface area contributed by atoms with Crippen molar-refractivity contribution in [2.75, 3.05) is 6.61 Å². The summed E-state index contributed by atoms with van der Waals surface area (Å²) in [4.78, 5) is 21.7. The van der Waals surface area contributed by atoms with Crippen LogP contribution in [-0.2, 0) is 0 Å². The van der Waals surface area contributed by atoms with Crippen LogP contribution in [0.4, 0.5) is 5.69 Å². The van der Waals surface area contributed by atoms with E-state index in [0.29, 0.717) is 12.4 Å². The van der Waals surface area contributed by atoms with E-state index in [1.807, 2.05) is 0 Å². The fourth-order valence-corrected chi connectivity index (χ4v) is 1.92. The standard InChI is InChI=1S/C15H21NO4/c1-3-4-5-6-7-10-20-15-9-8-13(16(18)19)11-14(15)12(2)17/h8-9,11H,3-7,10H2,1-2H3. The third-order valence-corrected chi connectivity index (χ3v) is 3.06. The van der Waals surface area contributed by atoms with Crippen molar-refractivity contribution in [3.8, 4) is 5.75 Å². The summed E-state index contributed by atoms with van der Waals surface area (Å²) in [5.41, 5.74) is 0.179. The summed E-state index contributed by atoms with van der Waals surface area (Å²) in [6.45, 7) is 4.07. The SMILES string of the molecule is CCCCCCCOc1ccc([N+](=O)[O-])cc1C(C)=O. The Morgan fingerprint density at radius 2 is 1.95 bits per heavy atom. The normalized spacial score (nSPS) is 10.3. The molecule has 20 heavy (non-hydrogen) atoms. The van der Waals surface area contributed by atoms with Crippen LogP contribution >= 0.6 is 0 Å². The van der Waals surface area contributed by atoms with Crippen molar-refractivity contribution >= 4 is 11.5 Å². The first-order chi connectivity index (χ1) is 9.56. The number of unbranched alkanes of at least 4 members (excludes halogenated alkanes) is 4. The van der Waals surface area contributed by atoms with Gasteiger partial charge in [0.05, 0.1) is 17.1 Å². The summed E-state index contributed by atoms with van der Waals surface area (Å²) >= 11 is 0. The molecule has 0 aliphatic heterocycles. The molecule has 5 heteroatoms. The first kappa shape index (κ1) is 16.1. The Morgan fingerprint density at radius 3 is 2.55 bits per heavy atom. The van der Waals surface area contributed by atoms with Gasteiger partial charge in [0.2, 0.25) is 0 Å². The zero-order valence-electron chi connectivity index (χ0n) is 12.1. The molecule has 1 aromatic carbocycles. The highest BCUT2D eigenvalue weighted by molar-refractivity contribution is 5.97. The third-order valence-electron chi connectivity index (χ3n) is 3.06. The van der Waals surface area contributed by atoms with Crippen LogP contribution in [0.25, 0.3) is 0 Å². The smallest absolute Gasteiger partial charge is 0.270 e. The van der Waals surface area contributed by atoms with Crippen LogP contribution in [0.2, 0.25) is 0 Å². The molecule has 0 aliphatic rings.